The van der Waals surface area contributed by atoms with Gasteiger partial charge in [0.25, 0.3) is 5.91 Å². The van der Waals surface area contributed by atoms with Crippen molar-refractivity contribution in [3.8, 4) is 0 Å². The molecule has 0 radical (unpaired) electrons. The number of aromatic nitrogens is 1. The van der Waals surface area contributed by atoms with Crippen molar-refractivity contribution in [3.05, 3.63) is 40.9 Å². The van der Waals surface area contributed by atoms with Crippen molar-refractivity contribution in [2.45, 2.75) is 39.7 Å². The van der Waals surface area contributed by atoms with Gasteiger partial charge in [0.1, 0.15) is 0 Å². The second-order valence-corrected chi connectivity index (χ2v) is 7.92. The molecular formula is C20H26N4O2S. The van der Waals surface area contributed by atoms with Crippen LogP contribution >= 0.6 is 11.3 Å². The van der Waals surface area contributed by atoms with Crippen molar-refractivity contribution < 1.29 is 9.59 Å². The van der Waals surface area contributed by atoms with Crippen molar-refractivity contribution in [3.63, 3.8) is 0 Å². The Kier molecular flexibility index (Phi) is 6.58. The van der Waals surface area contributed by atoms with Crippen LogP contribution in [0.2, 0.25) is 0 Å². The summed E-state index contributed by atoms with van der Waals surface area (Å²) in [4.78, 5) is 31.0. The molecule has 0 saturated carbocycles. The van der Waals surface area contributed by atoms with Crippen LogP contribution in [0, 0.1) is 5.92 Å². The number of nitrogens with one attached hydrogen (secondary N) is 2. The highest BCUT2D eigenvalue weighted by Crippen LogP contribution is 2.21. The smallest absolute Gasteiger partial charge is 0.257 e. The fourth-order valence-electron chi connectivity index (χ4n) is 3.25. The largest absolute Gasteiger partial charge is 0.326 e. The summed E-state index contributed by atoms with van der Waals surface area (Å²) in [6.07, 6.45) is 2.93. The van der Waals surface area contributed by atoms with Crippen LogP contribution in [0.5, 0.6) is 0 Å². The monoisotopic (exact) mass is 386 g/mol. The number of hydrogen-bond acceptors (Lipinski definition) is 5. The van der Waals surface area contributed by atoms with E-state index in [1.807, 2.05) is 5.38 Å². The highest BCUT2D eigenvalue weighted by molar-refractivity contribution is 7.13. The second-order valence-electron chi connectivity index (χ2n) is 7.06. The van der Waals surface area contributed by atoms with Crippen LogP contribution in [0.25, 0.3) is 0 Å². The van der Waals surface area contributed by atoms with Crippen LogP contribution in [0.4, 0.5) is 10.8 Å². The summed E-state index contributed by atoms with van der Waals surface area (Å²) in [5, 5.41) is 8.23. The zero-order valence-corrected chi connectivity index (χ0v) is 16.6. The molecule has 144 valence electrons. The minimum absolute atomic E-state index is 0.0795. The predicted molar refractivity (Wildman–Crippen MR) is 109 cm³/mol. The average molecular weight is 387 g/mol. The van der Waals surface area contributed by atoms with E-state index in [9.17, 15) is 9.59 Å². The Hall–Kier alpha value is -2.25. The van der Waals surface area contributed by atoms with Crippen LogP contribution in [-0.2, 0) is 11.3 Å². The highest BCUT2D eigenvalue weighted by Gasteiger charge is 2.18. The summed E-state index contributed by atoms with van der Waals surface area (Å²) < 4.78 is 0. The molecule has 2 heterocycles. The molecule has 1 aromatic carbocycles. The maximum atomic E-state index is 12.5. The first-order valence-corrected chi connectivity index (χ1v) is 10.3. The number of piperidine rings is 1. The number of thiazole rings is 1. The van der Waals surface area contributed by atoms with Crippen molar-refractivity contribution >= 4 is 34.0 Å². The van der Waals surface area contributed by atoms with Crippen molar-refractivity contribution in [2.75, 3.05) is 23.7 Å². The molecule has 27 heavy (non-hydrogen) atoms. The van der Waals surface area contributed by atoms with E-state index in [-0.39, 0.29) is 11.8 Å². The van der Waals surface area contributed by atoms with Crippen molar-refractivity contribution in [1.29, 1.82) is 0 Å². The van der Waals surface area contributed by atoms with Gasteiger partial charge < -0.3 is 5.32 Å². The van der Waals surface area contributed by atoms with Crippen LogP contribution in [-0.4, -0.2) is 34.8 Å². The van der Waals surface area contributed by atoms with Crippen molar-refractivity contribution in [2.24, 2.45) is 5.92 Å². The molecule has 7 heteroatoms. The molecule has 1 saturated heterocycles. The summed E-state index contributed by atoms with van der Waals surface area (Å²) in [5.74, 6) is 0.427. The molecule has 1 aromatic heterocycles. The number of likely N-dealkylation sites (tertiary alicyclic amines) is 1. The van der Waals surface area contributed by atoms with Crippen LogP contribution in [0.3, 0.4) is 0 Å². The first-order chi connectivity index (χ1) is 13.0. The van der Waals surface area contributed by atoms with E-state index in [4.69, 9.17) is 0 Å². The third-order valence-electron chi connectivity index (χ3n) is 4.63. The summed E-state index contributed by atoms with van der Waals surface area (Å²) in [6, 6.07) is 6.92. The Balaban J connectivity index is 1.59. The molecule has 2 amide bonds. The molecule has 0 bridgehead atoms. The maximum Gasteiger partial charge on any atom is 0.257 e. The molecule has 2 aromatic rings. The zero-order valence-electron chi connectivity index (χ0n) is 15.8. The molecule has 6 nitrogen and oxygen atoms in total. The minimum atomic E-state index is -0.227. The SMILES string of the molecule is CCC(=O)Nc1cccc(C(=O)Nc2nc(CN3CCCC(C)C3)cs2)c1. The fourth-order valence-corrected chi connectivity index (χ4v) is 3.95. The summed E-state index contributed by atoms with van der Waals surface area (Å²) in [6.45, 7) is 7.12. The van der Waals surface area contributed by atoms with Gasteiger partial charge in [0.15, 0.2) is 5.13 Å². The number of hydrogen-bond donors (Lipinski definition) is 2. The average Bonchev–Trinajstić information content (AvgIpc) is 3.08. The van der Waals surface area contributed by atoms with E-state index in [1.54, 1.807) is 31.2 Å². The predicted octanol–water partition coefficient (Wildman–Crippen LogP) is 3.98. The van der Waals surface area contributed by atoms with E-state index in [0.29, 0.717) is 22.8 Å². The Bertz CT molecular complexity index is 805. The fraction of sp³-hybridized carbons (Fsp3) is 0.450. The lowest BCUT2D eigenvalue weighted by atomic mass is 10.0. The molecule has 1 aliphatic heterocycles. The summed E-state index contributed by atoms with van der Waals surface area (Å²) in [5.41, 5.74) is 2.10. The van der Waals surface area contributed by atoms with Crippen molar-refractivity contribution in [1.82, 2.24) is 9.88 Å². The Labute approximate surface area is 164 Å². The van der Waals surface area contributed by atoms with Gasteiger partial charge in [-0.05, 0) is 43.5 Å². The molecule has 0 spiro atoms. The zero-order chi connectivity index (χ0) is 19.2. The molecule has 0 aliphatic carbocycles. The quantitative estimate of drug-likeness (QED) is 0.788. The summed E-state index contributed by atoms with van der Waals surface area (Å²) in [7, 11) is 0. The molecule has 1 fully saturated rings. The van der Waals surface area contributed by atoms with Gasteiger partial charge in [0.05, 0.1) is 5.69 Å². The van der Waals surface area contributed by atoms with E-state index in [1.165, 1.54) is 24.2 Å². The van der Waals surface area contributed by atoms with Crippen LogP contribution in [0.15, 0.2) is 29.6 Å². The lowest BCUT2D eigenvalue weighted by molar-refractivity contribution is -0.115. The Morgan fingerprint density at radius 1 is 1.33 bits per heavy atom. The number of rotatable bonds is 6. The standard InChI is InChI=1S/C20H26N4O2S/c1-3-18(25)21-16-8-4-7-15(10-16)19(26)23-20-22-17(13-27-20)12-24-9-5-6-14(2)11-24/h4,7-8,10,13-14H,3,5-6,9,11-12H2,1-2H3,(H,21,25)(H,22,23,26). The van der Waals surface area contributed by atoms with Gasteiger partial charge in [-0.1, -0.05) is 19.9 Å². The second kappa shape index (κ2) is 9.10. The van der Waals surface area contributed by atoms with Gasteiger partial charge >= 0.3 is 0 Å². The Morgan fingerprint density at radius 3 is 2.96 bits per heavy atom. The van der Waals surface area contributed by atoms with Gasteiger partial charge in [-0.25, -0.2) is 4.98 Å². The molecular weight excluding hydrogens is 360 g/mol. The third kappa shape index (κ3) is 5.61. The molecule has 2 N–H and O–H groups in total. The van der Waals surface area contributed by atoms with Gasteiger partial charge in [0, 0.05) is 36.1 Å². The molecule has 1 atom stereocenters. The van der Waals surface area contributed by atoms with Gasteiger partial charge in [-0.3, -0.25) is 19.8 Å². The van der Waals surface area contributed by atoms with Gasteiger partial charge in [-0.2, -0.15) is 0 Å². The topological polar surface area (TPSA) is 74.3 Å². The summed E-state index contributed by atoms with van der Waals surface area (Å²) >= 11 is 1.44. The first-order valence-electron chi connectivity index (χ1n) is 9.41. The normalized spacial score (nSPS) is 17.5. The molecule has 1 aliphatic rings. The number of nitrogens with zero attached hydrogens (tertiary/aromatic N) is 2. The number of amides is 2. The minimum Gasteiger partial charge on any atom is -0.326 e. The van der Waals surface area contributed by atoms with Crippen LogP contribution in [0.1, 0.15) is 49.2 Å². The van der Waals surface area contributed by atoms with Gasteiger partial charge in [-0.15, -0.1) is 11.3 Å². The number of carbonyl (C=O) groups excluding carboxylic acids is 2. The Morgan fingerprint density at radius 2 is 2.19 bits per heavy atom. The van der Waals surface area contributed by atoms with E-state index in [2.05, 4.69) is 27.4 Å². The highest BCUT2D eigenvalue weighted by atomic mass is 32.1. The lowest BCUT2D eigenvalue weighted by Gasteiger charge is -2.30. The van der Waals surface area contributed by atoms with Crippen LogP contribution < -0.4 is 10.6 Å². The first kappa shape index (κ1) is 19.5. The number of carbonyl (C=O) groups is 2. The number of benzene rings is 1. The maximum absolute atomic E-state index is 12.5. The molecule has 1 unspecified atom stereocenters. The van der Waals surface area contributed by atoms with E-state index in [0.717, 1.165) is 31.2 Å². The van der Waals surface area contributed by atoms with E-state index < -0.39 is 0 Å². The third-order valence-corrected chi connectivity index (χ3v) is 5.44. The number of anilines is 2. The van der Waals surface area contributed by atoms with E-state index >= 15 is 0 Å². The lowest BCUT2D eigenvalue weighted by Crippen LogP contribution is -2.33. The molecule has 3 rings (SSSR count). The van der Waals surface area contributed by atoms with Gasteiger partial charge in [0.2, 0.25) is 5.91 Å².